The van der Waals surface area contributed by atoms with Gasteiger partial charge in [-0.25, -0.2) is 4.39 Å². The number of aromatic amines is 1. The molecule has 0 fully saturated rings. The predicted molar refractivity (Wildman–Crippen MR) is 81.5 cm³/mol. The Balaban J connectivity index is 2.30. The van der Waals surface area contributed by atoms with Crippen molar-refractivity contribution in [2.45, 2.75) is 38.2 Å². The van der Waals surface area contributed by atoms with Gasteiger partial charge in [0.1, 0.15) is 11.4 Å². The van der Waals surface area contributed by atoms with E-state index in [1.54, 1.807) is 0 Å². The van der Waals surface area contributed by atoms with E-state index in [-0.39, 0.29) is 11.9 Å². The molecule has 0 amide bonds. The van der Waals surface area contributed by atoms with Crippen LogP contribution < -0.4 is 0 Å². The summed E-state index contributed by atoms with van der Waals surface area (Å²) in [6.45, 7) is 2.31. The summed E-state index contributed by atoms with van der Waals surface area (Å²) in [6.07, 6.45) is 1.58. The van der Waals surface area contributed by atoms with Crippen LogP contribution in [0.15, 0.2) is 12.1 Å². The number of halogens is 1. The number of nitriles is 1. The Morgan fingerprint density at radius 2 is 2.35 bits per heavy atom. The molecule has 1 aromatic carbocycles. The molecule has 120 valence electrons. The topological polar surface area (TPSA) is 86.1 Å². The molecule has 1 atom stereocenters. The lowest BCUT2D eigenvalue weighted by Crippen LogP contribution is -2.37. The summed E-state index contributed by atoms with van der Waals surface area (Å²) in [5, 5.41) is 19.2. The van der Waals surface area contributed by atoms with Crippen molar-refractivity contribution in [3.05, 3.63) is 34.8 Å². The quantitative estimate of drug-likeness (QED) is 0.906. The Labute approximate surface area is 132 Å². The van der Waals surface area contributed by atoms with Crippen molar-refractivity contribution in [2.75, 3.05) is 6.61 Å². The molecule has 0 spiro atoms. The van der Waals surface area contributed by atoms with Crippen LogP contribution in [0.1, 0.15) is 43.0 Å². The lowest BCUT2D eigenvalue weighted by atomic mass is 9.84. The molecule has 1 aliphatic rings. The second-order valence-corrected chi connectivity index (χ2v) is 5.85. The lowest BCUT2D eigenvalue weighted by Gasteiger charge is -2.36. The minimum atomic E-state index is -0.994. The Morgan fingerprint density at radius 1 is 1.57 bits per heavy atom. The van der Waals surface area contributed by atoms with E-state index in [1.165, 1.54) is 12.1 Å². The lowest BCUT2D eigenvalue weighted by molar-refractivity contribution is -0.149. The predicted octanol–water partition coefficient (Wildman–Crippen LogP) is 3.22. The molecule has 0 radical (unpaired) electrons. The van der Waals surface area contributed by atoms with Crippen LogP contribution in [0, 0.1) is 17.1 Å². The summed E-state index contributed by atoms with van der Waals surface area (Å²) in [4.78, 5) is 14.4. The molecule has 1 aliphatic heterocycles. The van der Waals surface area contributed by atoms with E-state index in [0.717, 1.165) is 12.0 Å². The largest absolute Gasteiger partial charge is 0.481 e. The molecule has 0 bridgehead atoms. The average molecular weight is 316 g/mol. The van der Waals surface area contributed by atoms with Gasteiger partial charge in [0.15, 0.2) is 0 Å². The number of aromatic nitrogens is 1. The van der Waals surface area contributed by atoms with Gasteiger partial charge < -0.3 is 14.8 Å². The fraction of sp³-hybridized carbons (Fsp3) is 0.412. The Morgan fingerprint density at radius 3 is 3.00 bits per heavy atom. The van der Waals surface area contributed by atoms with Gasteiger partial charge in [0.2, 0.25) is 0 Å². The molecular weight excluding hydrogens is 299 g/mol. The van der Waals surface area contributed by atoms with Gasteiger partial charge in [-0.3, -0.25) is 4.79 Å². The second kappa shape index (κ2) is 5.67. The van der Waals surface area contributed by atoms with Gasteiger partial charge >= 0.3 is 5.97 Å². The van der Waals surface area contributed by atoms with Crippen molar-refractivity contribution in [1.29, 1.82) is 5.26 Å². The molecule has 2 aromatic rings. The fourth-order valence-electron chi connectivity index (χ4n) is 3.56. The molecule has 2 heterocycles. The van der Waals surface area contributed by atoms with E-state index < -0.39 is 17.4 Å². The summed E-state index contributed by atoms with van der Waals surface area (Å²) in [6, 6.07) is 4.80. The highest BCUT2D eigenvalue weighted by molar-refractivity contribution is 5.91. The molecule has 0 aliphatic carbocycles. The smallest absolute Gasteiger partial charge is 0.306 e. The number of ether oxygens (including phenoxy) is 1. The summed E-state index contributed by atoms with van der Waals surface area (Å²) >= 11 is 0. The number of rotatable bonds is 4. The molecule has 0 saturated heterocycles. The normalized spacial score (nSPS) is 20.2. The molecule has 1 aromatic heterocycles. The van der Waals surface area contributed by atoms with Crippen molar-refractivity contribution in [3.8, 4) is 6.07 Å². The van der Waals surface area contributed by atoms with Crippen molar-refractivity contribution < 1.29 is 19.0 Å². The third-order valence-corrected chi connectivity index (χ3v) is 4.41. The van der Waals surface area contributed by atoms with E-state index in [1.807, 2.05) is 6.92 Å². The Bertz CT molecular complexity index is 821. The summed E-state index contributed by atoms with van der Waals surface area (Å²) in [5.41, 5.74) is 1.06. The molecule has 6 heteroatoms. The second-order valence-electron chi connectivity index (χ2n) is 5.85. The SMILES string of the molecule is CCC[C@]1(CC(=O)O)OCCc2c1[nH]c1c(F)ccc(C#N)c21. The van der Waals surface area contributed by atoms with Crippen LogP contribution in [0.4, 0.5) is 4.39 Å². The molecule has 23 heavy (non-hydrogen) atoms. The first-order chi connectivity index (χ1) is 11.0. The molecule has 5 nitrogen and oxygen atoms in total. The zero-order valence-corrected chi connectivity index (χ0v) is 12.8. The summed E-state index contributed by atoms with van der Waals surface area (Å²) in [7, 11) is 0. The van der Waals surface area contributed by atoms with Gasteiger partial charge in [-0.2, -0.15) is 5.26 Å². The van der Waals surface area contributed by atoms with E-state index >= 15 is 0 Å². The van der Waals surface area contributed by atoms with Gasteiger partial charge in [0, 0.05) is 5.39 Å². The first-order valence-electron chi connectivity index (χ1n) is 7.62. The van der Waals surface area contributed by atoms with E-state index in [2.05, 4.69) is 11.1 Å². The van der Waals surface area contributed by atoms with Crippen molar-refractivity contribution in [1.82, 2.24) is 4.98 Å². The van der Waals surface area contributed by atoms with Gasteiger partial charge in [0.05, 0.1) is 35.9 Å². The van der Waals surface area contributed by atoms with Crippen molar-refractivity contribution in [2.24, 2.45) is 0 Å². The van der Waals surface area contributed by atoms with Crippen LogP contribution in [0.5, 0.6) is 0 Å². The number of benzene rings is 1. The standard InChI is InChI=1S/C17H17FN2O3/c1-2-6-17(8-13(21)22)16-11(5-7-23-17)14-10(9-19)3-4-12(18)15(14)20-16/h3-4,20H,2,5-8H2,1H3,(H,21,22)/t17-/m1/s1. The van der Waals surface area contributed by atoms with Crippen LogP contribution in [0.2, 0.25) is 0 Å². The number of aliphatic carboxylic acids is 1. The summed E-state index contributed by atoms with van der Waals surface area (Å²) in [5.74, 6) is -1.42. The van der Waals surface area contributed by atoms with Crippen LogP contribution in [-0.2, 0) is 21.6 Å². The van der Waals surface area contributed by atoms with Crippen LogP contribution in [0.3, 0.4) is 0 Å². The first kappa shape index (κ1) is 15.5. The van der Waals surface area contributed by atoms with E-state index in [0.29, 0.717) is 36.1 Å². The number of nitrogens with zero attached hydrogens (tertiary/aromatic N) is 1. The molecule has 0 unspecified atom stereocenters. The number of hydrogen-bond donors (Lipinski definition) is 2. The monoisotopic (exact) mass is 316 g/mol. The zero-order chi connectivity index (χ0) is 16.6. The van der Waals surface area contributed by atoms with Crippen molar-refractivity contribution in [3.63, 3.8) is 0 Å². The molecule has 0 saturated carbocycles. The highest BCUT2D eigenvalue weighted by Gasteiger charge is 2.42. The third-order valence-electron chi connectivity index (χ3n) is 4.41. The molecule has 3 rings (SSSR count). The Hall–Kier alpha value is -2.39. The number of carboxylic acid groups (broad SMARTS) is 1. The van der Waals surface area contributed by atoms with E-state index in [4.69, 9.17) is 4.74 Å². The van der Waals surface area contributed by atoms with Gasteiger partial charge in [-0.05, 0) is 30.5 Å². The third kappa shape index (κ3) is 2.37. The van der Waals surface area contributed by atoms with Crippen molar-refractivity contribution >= 4 is 16.9 Å². The molecule has 2 N–H and O–H groups in total. The average Bonchev–Trinajstić information content (AvgIpc) is 2.90. The zero-order valence-electron chi connectivity index (χ0n) is 12.8. The fourth-order valence-corrected chi connectivity index (χ4v) is 3.56. The van der Waals surface area contributed by atoms with Gasteiger partial charge in [0.25, 0.3) is 0 Å². The highest BCUT2D eigenvalue weighted by Crippen LogP contribution is 2.43. The van der Waals surface area contributed by atoms with E-state index in [9.17, 15) is 19.6 Å². The number of nitrogens with one attached hydrogen (secondary N) is 1. The van der Waals surface area contributed by atoms with Crippen LogP contribution >= 0.6 is 0 Å². The van der Waals surface area contributed by atoms with Crippen LogP contribution in [-0.4, -0.2) is 22.7 Å². The maximum Gasteiger partial charge on any atom is 0.306 e. The minimum Gasteiger partial charge on any atom is -0.481 e. The van der Waals surface area contributed by atoms with Gasteiger partial charge in [-0.15, -0.1) is 0 Å². The van der Waals surface area contributed by atoms with Crippen LogP contribution in [0.25, 0.3) is 10.9 Å². The number of H-pyrrole nitrogens is 1. The first-order valence-corrected chi connectivity index (χ1v) is 7.62. The number of carboxylic acids is 1. The maximum absolute atomic E-state index is 14.2. The number of fused-ring (bicyclic) bond motifs is 3. The maximum atomic E-state index is 14.2. The minimum absolute atomic E-state index is 0.190. The highest BCUT2D eigenvalue weighted by atomic mass is 19.1. The summed E-state index contributed by atoms with van der Waals surface area (Å²) < 4.78 is 20.1. The van der Waals surface area contributed by atoms with Gasteiger partial charge in [-0.1, -0.05) is 13.3 Å². The molecular formula is C17H17FN2O3. The number of hydrogen-bond acceptors (Lipinski definition) is 3. The number of carbonyl (C=O) groups is 1. The Kier molecular flexibility index (Phi) is 3.82.